The molecule has 3 fully saturated rings. The van der Waals surface area contributed by atoms with Crippen LogP contribution in [0, 0.1) is 0 Å². The quantitative estimate of drug-likeness (QED) is 0.671. The number of hydrogen-bond acceptors (Lipinski definition) is 6. The Morgan fingerprint density at radius 3 is 2.48 bits per heavy atom. The summed E-state index contributed by atoms with van der Waals surface area (Å²) in [7, 11) is -1.12. The van der Waals surface area contributed by atoms with Crippen molar-refractivity contribution in [1.82, 2.24) is 23.7 Å². The summed E-state index contributed by atoms with van der Waals surface area (Å²) in [6, 6.07) is 0. The summed E-state index contributed by atoms with van der Waals surface area (Å²) in [4.78, 5) is 21.8. The van der Waals surface area contributed by atoms with E-state index in [1.165, 1.54) is 0 Å². The zero-order chi connectivity index (χ0) is 20.2. The van der Waals surface area contributed by atoms with Gasteiger partial charge in [-0.1, -0.05) is 0 Å². The van der Waals surface area contributed by atoms with Crippen molar-refractivity contribution in [2.24, 2.45) is 0 Å². The molecule has 0 N–H and O–H groups in total. The summed E-state index contributed by atoms with van der Waals surface area (Å²) in [5.74, 6) is 0.855. The summed E-state index contributed by atoms with van der Waals surface area (Å²) < 4.78 is 35.3. The van der Waals surface area contributed by atoms with Gasteiger partial charge in [-0.25, -0.2) is 17.7 Å². The van der Waals surface area contributed by atoms with Gasteiger partial charge in [-0.2, -0.15) is 0 Å². The number of piperazine rings is 1. The van der Waals surface area contributed by atoms with Gasteiger partial charge in [-0.15, -0.1) is 0 Å². The molecule has 1 spiro atoms. The molecule has 1 aromatic rings. The second-order valence-corrected chi connectivity index (χ2v) is 11.0. The van der Waals surface area contributed by atoms with Crippen LogP contribution in [0.1, 0.15) is 31.5 Å². The van der Waals surface area contributed by atoms with E-state index in [9.17, 15) is 13.2 Å². The van der Waals surface area contributed by atoms with Crippen LogP contribution in [0.3, 0.4) is 0 Å². The minimum absolute atomic E-state index is 0.0323. The lowest BCUT2D eigenvalue weighted by Gasteiger charge is -2.46. The number of ether oxygens (including phenoxy) is 1. The number of sulfonamides is 1. The third kappa shape index (κ3) is 3.39. The van der Waals surface area contributed by atoms with Gasteiger partial charge in [0.1, 0.15) is 11.4 Å². The van der Waals surface area contributed by atoms with Crippen molar-refractivity contribution < 1.29 is 17.9 Å². The van der Waals surface area contributed by atoms with Crippen molar-refractivity contribution in [3.05, 3.63) is 18.2 Å². The number of piperidine rings is 1. The number of hydrogen-bond donors (Lipinski definition) is 0. The Hall–Kier alpha value is -1.49. The Balaban J connectivity index is 1.34. The number of fused-ring (bicyclic) bond motifs is 2. The molecule has 1 atom stereocenters. The standard InChI is InChI=1S/C19H29N5O4S/c1-21-10-12-22(13-11-21)17(25)16-14-23-9-6-20-18(23)19(28-16)4-7-24(8-5-19)29(26,27)15-2-3-15/h6,9,15-16H,2-5,7-8,10-14H2,1H3/t16-/m0/s1. The molecule has 1 aliphatic carbocycles. The van der Waals surface area contributed by atoms with Crippen LogP contribution in [-0.4, -0.2) is 95.7 Å². The van der Waals surface area contributed by atoms with Crippen LogP contribution in [-0.2, 0) is 31.7 Å². The lowest BCUT2D eigenvalue weighted by Crippen LogP contribution is -2.57. The molecule has 1 saturated carbocycles. The third-order valence-electron chi connectivity index (χ3n) is 6.78. The number of carbonyl (C=O) groups excluding carboxylic acids is 1. The minimum atomic E-state index is -3.19. The first kappa shape index (κ1) is 19.5. The first-order chi connectivity index (χ1) is 13.9. The fourth-order valence-electron chi connectivity index (χ4n) is 4.78. The largest absolute Gasteiger partial charge is 0.352 e. The monoisotopic (exact) mass is 423 g/mol. The van der Waals surface area contributed by atoms with E-state index in [0.717, 1.165) is 31.8 Å². The van der Waals surface area contributed by atoms with E-state index in [4.69, 9.17) is 4.74 Å². The van der Waals surface area contributed by atoms with Crippen LogP contribution in [0.5, 0.6) is 0 Å². The van der Waals surface area contributed by atoms with Crippen LogP contribution in [0.2, 0.25) is 0 Å². The second kappa shape index (κ2) is 7.04. The normalized spacial score (nSPS) is 28.4. The highest BCUT2D eigenvalue weighted by atomic mass is 32.2. The molecule has 10 heteroatoms. The zero-order valence-electron chi connectivity index (χ0n) is 16.9. The average Bonchev–Trinajstić information content (AvgIpc) is 3.47. The first-order valence-corrected chi connectivity index (χ1v) is 12.1. The summed E-state index contributed by atoms with van der Waals surface area (Å²) in [5, 5.41) is -0.197. The highest BCUT2D eigenvalue weighted by Crippen LogP contribution is 2.42. The van der Waals surface area contributed by atoms with Crippen molar-refractivity contribution in [2.75, 3.05) is 46.3 Å². The van der Waals surface area contributed by atoms with Gasteiger partial charge in [0.15, 0.2) is 6.10 Å². The van der Waals surface area contributed by atoms with E-state index in [0.29, 0.717) is 45.6 Å². The predicted molar refractivity (Wildman–Crippen MR) is 106 cm³/mol. The van der Waals surface area contributed by atoms with Gasteiger partial charge < -0.3 is 19.1 Å². The van der Waals surface area contributed by atoms with Crippen molar-refractivity contribution in [3.63, 3.8) is 0 Å². The number of imidazole rings is 1. The highest BCUT2D eigenvalue weighted by Gasteiger charge is 2.50. The predicted octanol–water partition coefficient (Wildman–Crippen LogP) is -0.161. The second-order valence-electron chi connectivity index (χ2n) is 8.78. The molecule has 2 saturated heterocycles. The van der Waals surface area contributed by atoms with E-state index in [-0.39, 0.29) is 11.2 Å². The number of rotatable bonds is 3. The Labute approximate surface area is 171 Å². The van der Waals surface area contributed by atoms with Gasteiger partial charge in [0, 0.05) is 51.7 Å². The van der Waals surface area contributed by atoms with E-state index in [1.54, 1.807) is 10.5 Å². The first-order valence-electron chi connectivity index (χ1n) is 10.5. The zero-order valence-corrected chi connectivity index (χ0v) is 17.7. The van der Waals surface area contributed by atoms with Gasteiger partial charge in [0.2, 0.25) is 10.0 Å². The van der Waals surface area contributed by atoms with Gasteiger partial charge in [0.05, 0.1) is 11.8 Å². The Morgan fingerprint density at radius 2 is 1.83 bits per heavy atom. The molecule has 3 aliphatic heterocycles. The maximum Gasteiger partial charge on any atom is 0.253 e. The molecule has 29 heavy (non-hydrogen) atoms. The van der Waals surface area contributed by atoms with Crippen LogP contribution >= 0.6 is 0 Å². The van der Waals surface area contributed by atoms with E-state index in [2.05, 4.69) is 16.9 Å². The maximum absolute atomic E-state index is 13.2. The molecule has 4 aliphatic rings. The van der Waals surface area contributed by atoms with Crippen LogP contribution in [0.15, 0.2) is 12.4 Å². The third-order valence-corrected chi connectivity index (χ3v) is 9.18. The molecule has 0 bridgehead atoms. The topological polar surface area (TPSA) is 88.0 Å². The molecule has 160 valence electrons. The van der Waals surface area contributed by atoms with Gasteiger partial charge in [0.25, 0.3) is 5.91 Å². The van der Waals surface area contributed by atoms with Crippen molar-refractivity contribution in [3.8, 4) is 0 Å². The molecular weight excluding hydrogens is 394 g/mol. The van der Waals surface area contributed by atoms with Gasteiger partial charge in [-0.3, -0.25) is 4.79 Å². The Morgan fingerprint density at radius 1 is 1.14 bits per heavy atom. The van der Waals surface area contributed by atoms with Gasteiger partial charge in [-0.05, 0) is 32.7 Å². The van der Waals surface area contributed by atoms with Crippen molar-refractivity contribution in [2.45, 2.75) is 49.2 Å². The Bertz CT molecular complexity index is 880. The summed E-state index contributed by atoms with van der Waals surface area (Å²) in [6.45, 7) is 4.47. The number of nitrogens with zero attached hydrogens (tertiary/aromatic N) is 5. The molecule has 0 aromatic carbocycles. The van der Waals surface area contributed by atoms with Crippen LogP contribution in [0.25, 0.3) is 0 Å². The van der Waals surface area contributed by atoms with E-state index < -0.39 is 21.7 Å². The lowest BCUT2D eigenvalue weighted by atomic mass is 9.89. The molecule has 5 rings (SSSR count). The van der Waals surface area contributed by atoms with Crippen LogP contribution in [0.4, 0.5) is 0 Å². The van der Waals surface area contributed by atoms with Crippen LogP contribution < -0.4 is 0 Å². The highest BCUT2D eigenvalue weighted by molar-refractivity contribution is 7.90. The molecule has 1 amide bonds. The van der Waals surface area contributed by atoms with Gasteiger partial charge >= 0.3 is 0 Å². The lowest BCUT2D eigenvalue weighted by molar-refractivity contribution is -0.180. The molecule has 0 unspecified atom stereocenters. The SMILES string of the molecule is CN1CCN(C(=O)[C@@H]2Cn3ccnc3C3(CCN(S(=O)(=O)C4CC4)CC3)O2)CC1. The minimum Gasteiger partial charge on any atom is -0.352 e. The molecule has 9 nitrogen and oxygen atoms in total. The molecule has 0 radical (unpaired) electrons. The van der Waals surface area contributed by atoms with E-state index in [1.807, 2.05) is 15.7 Å². The molecule has 4 heterocycles. The number of carbonyl (C=O) groups is 1. The van der Waals surface area contributed by atoms with E-state index >= 15 is 0 Å². The summed E-state index contributed by atoms with van der Waals surface area (Å²) in [5.41, 5.74) is -0.690. The Kier molecular flexibility index (Phi) is 4.73. The number of amides is 1. The summed E-state index contributed by atoms with van der Waals surface area (Å²) in [6.07, 6.45) is 5.70. The number of likely N-dealkylation sites (N-methyl/N-ethyl adjacent to an activating group) is 1. The fourth-order valence-corrected chi connectivity index (χ4v) is 6.62. The smallest absolute Gasteiger partial charge is 0.253 e. The van der Waals surface area contributed by atoms with Crippen molar-refractivity contribution in [1.29, 1.82) is 0 Å². The molecule has 1 aromatic heterocycles. The average molecular weight is 424 g/mol. The van der Waals surface area contributed by atoms with Crippen molar-refractivity contribution >= 4 is 15.9 Å². The summed E-state index contributed by atoms with van der Waals surface area (Å²) >= 11 is 0. The number of aromatic nitrogens is 2. The molecular formula is C19H29N5O4S. The maximum atomic E-state index is 13.2. The fraction of sp³-hybridized carbons (Fsp3) is 0.789.